The van der Waals surface area contributed by atoms with E-state index in [1.807, 2.05) is 30.3 Å². The number of hydroxylamine groups is 1. The number of rotatable bonds is 9. The first kappa shape index (κ1) is 27.9. The zero-order valence-corrected chi connectivity index (χ0v) is 23.5. The number of amides is 1. The summed E-state index contributed by atoms with van der Waals surface area (Å²) >= 11 is 0. The molecule has 2 aliphatic rings. The van der Waals surface area contributed by atoms with Crippen LogP contribution in [0.5, 0.6) is 5.75 Å². The number of nitriles is 1. The van der Waals surface area contributed by atoms with Crippen molar-refractivity contribution in [2.45, 2.75) is 24.9 Å². The van der Waals surface area contributed by atoms with Crippen LogP contribution in [-0.4, -0.2) is 67.7 Å². The van der Waals surface area contributed by atoms with E-state index in [-0.39, 0.29) is 11.9 Å². The fourth-order valence-corrected chi connectivity index (χ4v) is 5.25. The lowest BCUT2D eigenvalue weighted by atomic mass is 10.0. The number of anilines is 5. The van der Waals surface area contributed by atoms with E-state index < -0.39 is 0 Å². The van der Waals surface area contributed by atoms with E-state index >= 15 is 0 Å². The van der Waals surface area contributed by atoms with Crippen molar-refractivity contribution in [2.24, 2.45) is 0 Å². The Morgan fingerprint density at radius 3 is 2.80 bits per heavy atom. The number of carbonyl (C=O) groups excluding carboxylic acids is 1. The van der Waals surface area contributed by atoms with Gasteiger partial charge in [0.25, 0.3) is 0 Å². The maximum atomic E-state index is 12.4. The van der Waals surface area contributed by atoms with Gasteiger partial charge in [0.15, 0.2) is 5.82 Å². The van der Waals surface area contributed by atoms with Gasteiger partial charge < -0.3 is 25.2 Å². The van der Waals surface area contributed by atoms with E-state index in [4.69, 9.17) is 9.57 Å². The summed E-state index contributed by atoms with van der Waals surface area (Å²) in [5.74, 6) is 1.41. The molecule has 212 valence electrons. The summed E-state index contributed by atoms with van der Waals surface area (Å²) in [7, 11) is 5.77. The van der Waals surface area contributed by atoms with Crippen LogP contribution in [-0.2, 0) is 9.63 Å². The number of ether oxygens (including phenoxy) is 1. The maximum absolute atomic E-state index is 12.4. The van der Waals surface area contributed by atoms with Crippen LogP contribution in [0.3, 0.4) is 0 Å². The average molecular weight is 555 g/mol. The lowest BCUT2D eigenvalue weighted by Gasteiger charge is -2.26. The van der Waals surface area contributed by atoms with Gasteiger partial charge in [0.1, 0.15) is 17.9 Å². The summed E-state index contributed by atoms with van der Waals surface area (Å²) < 4.78 is 5.77. The molecule has 2 saturated heterocycles. The molecule has 0 saturated carbocycles. The van der Waals surface area contributed by atoms with Gasteiger partial charge in [-0.05, 0) is 50.4 Å². The van der Waals surface area contributed by atoms with E-state index in [9.17, 15) is 10.1 Å². The highest BCUT2D eigenvalue weighted by atomic mass is 16.7. The third-order valence-corrected chi connectivity index (χ3v) is 7.44. The number of hydrogen-bond donors (Lipinski definition) is 2. The number of aromatic nitrogens is 2. The van der Waals surface area contributed by atoms with E-state index in [2.05, 4.69) is 57.1 Å². The van der Waals surface area contributed by atoms with Crippen LogP contribution in [0.2, 0.25) is 0 Å². The monoisotopic (exact) mass is 554 g/mol. The van der Waals surface area contributed by atoms with Crippen molar-refractivity contribution in [2.75, 3.05) is 61.5 Å². The Labute approximate surface area is 240 Å². The average Bonchev–Trinajstić information content (AvgIpc) is 3.68. The Balaban J connectivity index is 1.44. The molecule has 41 heavy (non-hydrogen) atoms. The lowest BCUT2D eigenvalue weighted by molar-refractivity contribution is -0.111. The van der Waals surface area contributed by atoms with Gasteiger partial charge in [0, 0.05) is 37.7 Å². The Morgan fingerprint density at radius 2 is 2.07 bits per heavy atom. The van der Waals surface area contributed by atoms with Crippen LogP contribution < -0.4 is 25.3 Å². The van der Waals surface area contributed by atoms with Crippen LogP contribution in [0.25, 0.3) is 0 Å². The molecule has 0 aliphatic carbocycles. The number of methoxy groups -OCH3 is 1. The molecule has 2 aliphatic heterocycles. The highest BCUT2D eigenvalue weighted by Crippen LogP contribution is 2.40. The first-order chi connectivity index (χ1) is 19.9. The van der Waals surface area contributed by atoms with E-state index in [1.165, 1.54) is 12.4 Å². The van der Waals surface area contributed by atoms with Crippen LogP contribution in [0.1, 0.15) is 30.0 Å². The van der Waals surface area contributed by atoms with Gasteiger partial charge >= 0.3 is 0 Å². The summed E-state index contributed by atoms with van der Waals surface area (Å²) in [6, 6.07) is 15.6. The molecule has 0 spiro atoms. The van der Waals surface area contributed by atoms with Gasteiger partial charge in [-0.25, -0.2) is 15.0 Å². The minimum absolute atomic E-state index is 0.0907. The van der Waals surface area contributed by atoms with Gasteiger partial charge in [-0.2, -0.15) is 5.26 Å². The molecule has 0 bridgehead atoms. The third-order valence-electron chi connectivity index (χ3n) is 7.44. The first-order valence-corrected chi connectivity index (χ1v) is 13.5. The molecule has 11 nitrogen and oxygen atoms in total. The van der Waals surface area contributed by atoms with Crippen molar-refractivity contribution >= 4 is 34.6 Å². The zero-order chi connectivity index (χ0) is 28.9. The number of benzene rings is 2. The molecule has 0 unspecified atom stereocenters. The van der Waals surface area contributed by atoms with Crippen LogP contribution in [0, 0.1) is 11.3 Å². The molecule has 1 aromatic heterocycles. The van der Waals surface area contributed by atoms with Crippen LogP contribution in [0.15, 0.2) is 61.4 Å². The summed E-state index contributed by atoms with van der Waals surface area (Å²) in [5, 5.41) is 17.4. The van der Waals surface area contributed by atoms with E-state index in [0.29, 0.717) is 47.0 Å². The molecule has 3 heterocycles. The highest BCUT2D eigenvalue weighted by molar-refractivity contribution is 6.02. The van der Waals surface area contributed by atoms with E-state index in [0.717, 1.165) is 37.2 Å². The Morgan fingerprint density at radius 1 is 1.22 bits per heavy atom. The zero-order valence-electron chi connectivity index (χ0n) is 23.5. The summed E-state index contributed by atoms with van der Waals surface area (Å²) in [6.45, 7) is 5.83. The molecule has 2 aromatic carbocycles. The maximum Gasteiger partial charge on any atom is 0.247 e. The number of nitrogens with zero attached hydrogens (tertiary/aromatic N) is 6. The van der Waals surface area contributed by atoms with Gasteiger partial charge in [-0.3, -0.25) is 9.63 Å². The topological polar surface area (TPSA) is 119 Å². The molecule has 5 rings (SSSR count). The molecule has 11 heteroatoms. The Hall–Kier alpha value is -4.66. The smallest absolute Gasteiger partial charge is 0.247 e. The number of likely N-dealkylation sites (N-methyl/N-ethyl adjacent to an activating group) is 1. The van der Waals surface area contributed by atoms with Crippen LogP contribution in [0.4, 0.5) is 28.7 Å². The van der Waals surface area contributed by atoms with Gasteiger partial charge in [0.05, 0.1) is 48.5 Å². The molecule has 3 aromatic rings. The summed E-state index contributed by atoms with van der Waals surface area (Å²) in [5.41, 5.74) is 3.73. The lowest BCUT2D eigenvalue weighted by Crippen LogP contribution is -2.31. The Bertz CT molecular complexity index is 1470. The molecular formula is C30H34N8O3. The Kier molecular flexibility index (Phi) is 8.33. The molecule has 2 atom stereocenters. The van der Waals surface area contributed by atoms with Gasteiger partial charge in [-0.1, -0.05) is 18.7 Å². The number of carbonyl (C=O) groups is 1. The first-order valence-electron chi connectivity index (χ1n) is 13.5. The third kappa shape index (κ3) is 6.09. The molecule has 0 radical (unpaired) electrons. The summed E-state index contributed by atoms with van der Waals surface area (Å²) in [4.78, 5) is 31.7. The molecular weight excluding hydrogens is 520 g/mol. The largest absolute Gasteiger partial charge is 0.494 e. The van der Waals surface area contributed by atoms with E-state index in [1.54, 1.807) is 24.3 Å². The second-order valence-electron chi connectivity index (χ2n) is 10.2. The fraction of sp³-hybridized carbons (Fsp3) is 0.333. The quantitative estimate of drug-likeness (QED) is 0.372. The molecule has 2 N–H and O–H groups in total. The predicted octanol–water partition coefficient (Wildman–Crippen LogP) is 4.25. The molecule has 1 amide bonds. The SMILES string of the molecule is C=CC(=O)Nc1cc(Nc2cc(N3OCC[C@@H]3c3cccc(C#N)c3)ncn2)c(OC)cc1N1CC[C@@H](N(C)C)C1. The summed E-state index contributed by atoms with van der Waals surface area (Å²) in [6.07, 6.45) is 4.50. The fourth-order valence-electron chi connectivity index (χ4n) is 5.25. The highest BCUT2D eigenvalue weighted by Gasteiger charge is 2.30. The number of hydrogen-bond acceptors (Lipinski definition) is 10. The van der Waals surface area contributed by atoms with Crippen molar-refractivity contribution < 1.29 is 14.4 Å². The van der Waals surface area contributed by atoms with Crippen molar-refractivity contribution in [3.05, 3.63) is 72.6 Å². The van der Waals surface area contributed by atoms with Crippen molar-refractivity contribution in [3.8, 4) is 11.8 Å². The van der Waals surface area contributed by atoms with Crippen molar-refractivity contribution in [1.82, 2.24) is 14.9 Å². The van der Waals surface area contributed by atoms with Crippen LogP contribution >= 0.6 is 0 Å². The second-order valence-corrected chi connectivity index (χ2v) is 10.2. The predicted molar refractivity (Wildman–Crippen MR) is 158 cm³/mol. The second kappa shape index (κ2) is 12.2. The van der Waals surface area contributed by atoms with Crippen molar-refractivity contribution in [1.29, 1.82) is 5.26 Å². The minimum Gasteiger partial charge on any atom is -0.494 e. The van der Waals surface area contributed by atoms with Gasteiger partial charge in [0.2, 0.25) is 5.91 Å². The molecule has 2 fully saturated rings. The normalized spacial score (nSPS) is 18.3. The number of nitrogens with one attached hydrogen (secondary N) is 2. The van der Waals surface area contributed by atoms with Gasteiger partial charge in [-0.15, -0.1) is 0 Å². The standard InChI is InChI=1S/C30H34N8O3/c1-5-30(39)35-23-14-24(27(40-4)15-26(23)37-11-9-22(18-37)36(2)3)34-28-16-29(33-19-32-28)38-25(10-12-41-38)21-8-6-7-20(13-21)17-31/h5-8,13-16,19,22,25H,1,9-12,18H2,2-4H3,(H,35,39)(H,32,33,34)/t22-,25-/m1/s1. The minimum atomic E-state index is -0.298. The van der Waals surface area contributed by atoms with Crippen molar-refractivity contribution in [3.63, 3.8) is 0 Å².